The largest absolute Gasteiger partial charge is 0.497 e. The zero-order chi connectivity index (χ0) is 15.9. The van der Waals surface area contributed by atoms with Crippen molar-refractivity contribution >= 4 is 11.9 Å². The molecule has 0 spiro atoms. The van der Waals surface area contributed by atoms with Crippen molar-refractivity contribution in [1.82, 2.24) is 4.90 Å². The number of hydrogen-bond donors (Lipinski definition) is 0. The Labute approximate surface area is 129 Å². The van der Waals surface area contributed by atoms with Crippen molar-refractivity contribution in [3.8, 4) is 11.5 Å². The lowest BCUT2D eigenvalue weighted by molar-refractivity contribution is -0.142. The summed E-state index contributed by atoms with van der Waals surface area (Å²) in [6.45, 7) is 0.322. The monoisotopic (exact) mass is 307 g/mol. The van der Waals surface area contributed by atoms with E-state index in [4.69, 9.17) is 9.47 Å². The zero-order valence-corrected chi connectivity index (χ0v) is 12.9. The molecule has 1 saturated carbocycles. The van der Waals surface area contributed by atoms with Gasteiger partial charge in [-0.1, -0.05) is 6.07 Å². The topological polar surface area (TPSA) is 65.1 Å². The zero-order valence-electron chi connectivity index (χ0n) is 12.9. The van der Waals surface area contributed by atoms with Crippen LogP contribution in [0.1, 0.15) is 19.3 Å². The first kappa shape index (κ1) is 16.1. The smallest absolute Gasteiger partial charge is 0.307 e. The van der Waals surface area contributed by atoms with E-state index in [0.717, 1.165) is 12.8 Å². The van der Waals surface area contributed by atoms with E-state index in [-0.39, 0.29) is 30.9 Å². The van der Waals surface area contributed by atoms with E-state index in [2.05, 4.69) is 4.74 Å². The van der Waals surface area contributed by atoms with Crippen LogP contribution in [-0.4, -0.2) is 50.2 Å². The van der Waals surface area contributed by atoms with E-state index >= 15 is 0 Å². The second-order valence-electron chi connectivity index (χ2n) is 5.11. The van der Waals surface area contributed by atoms with Gasteiger partial charge in [0.25, 0.3) is 5.91 Å². The van der Waals surface area contributed by atoms with Gasteiger partial charge in [0, 0.05) is 18.7 Å². The summed E-state index contributed by atoms with van der Waals surface area (Å²) in [7, 11) is 2.92. The number of esters is 1. The van der Waals surface area contributed by atoms with Gasteiger partial charge in [0.2, 0.25) is 0 Å². The SMILES string of the molecule is COC(=O)CCN(C(=O)COc1cccc(OC)c1)C1CC1. The van der Waals surface area contributed by atoms with Gasteiger partial charge in [-0.05, 0) is 25.0 Å². The maximum absolute atomic E-state index is 12.3. The van der Waals surface area contributed by atoms with E-state index in [1.54, 1.807) is 30.2 Å². The van der Waals surface area contributed by atoms with Gasteiger partial charge in [-0.15, -0.1) is 0 Å². The summed E-state index contributed by atoms with van der Waals surface area (Å²) >= 11 is 0. The minimum absolute atomic E-state index is 0.0508. The van der Waals surface area contributed by atoms with Crippen LogP contribution >= 0.6 is 0 Å². The molecule has 120 valence electrons. The number of amides is 1. The number of carbonyl (C=O) groups excluding carboxylic acids is 2. The molecule has 1 aromatic carbocycles. The summed E-state index contributed by atoms with van der Waals surface area (Å²) in [6.07, 6.45) is 2.16. The van der Waals surface area contributed by atoms with Gasteiger partial charge in [0.05, 0.1) is 20.6 Å². The number of nitrogens with zero attached hydrogens (tertiary/aromatic N) is 1. The van der Waals surface area contributed by atoms with Crippen LogP contribution < -0.4 is 9.47 Å². The highest BCUT2D eigenvalue weighted by Gasteiger charge is 2.32. The maximum Gasteiger partial charge on any atom is 0.307 e. The Balaban J connectivity index is 1.86. The van der Waals surface area contributed by atoms with E-state index in [0.29, 0.717) is 18.0 Å². The van der Waals surface area contributed by atoms with Crippen LogP contribution in [0.25, 0.3) is 0 Å². The molecule has 0 unspecified atom stereocenters. The molecule has 1 aliphatic rings. The Morgan fingerprint density at radius 2 is 1.95 bits per heavy atom. The number of ether oxygens (including phenoxy) is 3. The van der Waals surface area contributed by atoms with Crippen molar-refractivity contribution in [2.24, 2.45) is 0 Å². The first-order chi connectivity index (χ1) is 10.6. The van der Waals surface area contributed by atoms with Gasteiger partial charge in [-0.2, -0.15) is 0 Å². The lowest BCUT2D eigenvalue weighted by Gasteiger charge is -2.22. The van der Waals surface area contributed by atoms with Crippen LogP contribution in [-0.2, 0) is 14.3 Å². The molecule has 2 rings (SSSR count). The average Bonchev–Trinajstić information content (AvgIpc) is 3.37. The molecule has 0 saturated heterocycles. The molecule has 1 aliphatic carbocycles. The number of hydrogen-bond acceptors (Lipinski definition) is 5. The lowest BCUT2D eigenvalue weighted by atomic mass is 10.3. The normalized spacial score (nSPS) is 13.4. The van der Waals surface area contributed by atoms with E-state index in [1.807, 2.05) is 6.07 Å². The third-order valence-electron chi connectivity index (χ3n) is 3.50. The third kappa shape index (κ3) is 4.65. The molecule has 0 aliphatic heterocycles. The van der Waals surface area contributed by atoms with Crippen LogP contribution in [0.4, 0.5) is 0 Å². The van der Waals surface area contributed by atoms with Crippen LogP contribution in [0.15, 0.2) is 24.3 Å². The minimum Gasteiger partial charge on any atom is -0.497 e. The molecule has 6 nitrogen and oxygen atoms in total. The molecule has 0 aromatic heterocycles. The number of methoxy groups -OCH3 is 2. The third-order valence-corrected chi connectivity index (χ3v) is 3.50. The van der Waals surface area contributed by atoms with Crippen molar-refractivity contribution in [3.05, 3.63) is 24.3 Å². The quantitative estimate of drug-likeness (QED) is 0.683. The molecule has 1 amide bonds. The highest BCUT2D eigenvalue weighted by molar-refractivity contribution is 5.79. The first-order valence-electron chi connectivity index (χ1n) is 7.27. The molecular formula is C16H21NO5. The Bertz CT molecular complexity index is 527. The summed E-state index contributed by atoms with van der Waals surface area (Å²) in [4.78, 5) is 25.2. The van der Waals surface area contributed by atoms with Crippen molar-refractivity contribution in [1.29, 1.82) is 0 Å². The number of carbonyl (C=O) groups is 2. The fourth-order valence-electron chi connectivity index (χ4n) is 2.13. The standard InChI is InChI=1S/C16H21NO5/c1-20-13-4-3-5-14(10-13)22-11-15(18)17(12-6-7-12)9-8-16(19)21-2/h3-5,10,12H,6-9,11H2,1-2H3. The average molecular weight is 307 g/mol. The molecule has 1 aromatic rings. The fraction of sp³-hybridized carbons (Fsp3) is 0.500. The molecule has 0 radical (unpaired) electrons. The second-order valence-corrected chi connectivity index (χ2v) is 5.11. The highest BCUT2D eigenvalue weighted by atomic mass is 16.5. The summed E-state index contributed by atoms with van der Waals surface area (Å²) < 4.78 is 15.2. The predicted molar refractivity (Wildman–Crippen MR) is 79.9 cm³/mol. The summed E-state index contributed by atoms with van der Waals surface area (Å²) in [5, 5.41) is 0. The molecule has 0 atom stereocenters. The van der Waals surface area contributed by atoms with Crippen LogP contribution in [0.3, 0.4) is 0 Å². The molecule has 0 heterocycles. The van der Waals surface area contributed by atoms with Crippen molar-refractivity contribution in [2.75, 3.05) is 27.4 Å². The molecular weight excluding hydrogens is 286 g/mol. The molecule has 1 fully saturated rings. The van der Waals surface area contributed by atoms with Gasteiger partial charge >= 0.3 is 5.97 Å². The Hall–Kier alpha value is -2.24. The Morgan fingerprint density at radius 1 is 1.23 bits per heavy atom. The van der Waals surface area contributed by atoms with Crippen molar-refractivity contribution in [2.45, 2.75) is 25.3 Å². The maximum atomic E-state index is 12.3. The van der Waals surface area contributed by atoms with Gasteiger partial charge in [-0.3, -0.25) is 9.59 Å². The first-order valence-corrected chi connectivity index (χ1v) is 7.27. The van der Waals surface area contributed by atoms with Crippen LogP contribution in [0.2, 0.25) is 0 Å². The van der Waals surface area contributed by atoms with E-state index in [9.17, 15) is 9.59 Å². The van der Waals surface area contributed by atoms with Gasteiger partial charge in [0.15, 0.2) is 6.61 Å². The highest BCUT2D eigenvalue weighted by Crippen LogP contribution is 2.27. The summed E-state index contributed by atoms with van der Waals surface area (Å²) in [5.74, 6) is 0.826. The fourth-order valence-corrected chi connectivity index (χ4v) is 2.13. The van der Waals surface area contributed by atoms with Crippen molar-refractivity contribution in [3.63, 3.8) is 0 Å². The van der Waals surface area contributed by atoms with Crippen LogP contribution in [0.5, 0.6) is 11.5 Å². The molecule has 6 heteroatoms. The minimum atomic E-state index is -0.313. The Morgan fingerprint density at radius 3 is 2.59 bits per heavy atom. The lowest BCUT2D eigenvalue weighted by Crippen LogP contribution is -2.38. The van der Waals surface area contributed by atoms with Gasteiger partial charge in [-0.25, -0.2) is 0 Å². The summed E-state index contributed by atoms with van der Waals surface area (Å²) in [6, 6.07) is 7.33. The van der Waals surface area contributed by atoms with Crippen molar-refractivity contribution < 1.29 is 23.8 Å². The number of rotatable bonds is 8. The van der Waals surface area contributed by atoms with E-state index in [1.165, 1.54) is 7.11 Å². The van der Waals surface area contributed by atoms with E-state index < -0.39 is 0 Å². The van der Waals surface area contributed by atoms with Gasteiger partial charge < -0.3 is 19.1 Å². The predicted octanol–water partition coefficient (Wildman–Crippen LogP) is 1.63. The van der Waals surface area contributed by atoms with Crippen LogP contribution in [0, 0.1) is 0 Å². The molecule has 0 N–H and O–H groups in total. The second kappa shape index (κ2) is 7.68. The Kier molecular flexibility index (Phi) is 5.63. The molecule has 22 heavy (non-hydrogen) atoms. The summed E-state index contributed by atoms with van der Waals surface area (Å²) in [5.41, 5.74) is 0. The number of benzene rings is 1. The van der Waals surface area contributed by atoms with Gasteiger partial charge in [0.1, 0.15) is 11.5 Å². The molecule has 0 bridgehead atoms.